The summed E-state index contributed by atoms with van der Waals surface area (Å²) >= 11 is 0. The zero-order valence-electron chi connectivity index (χ0n) is 45.3. The van der Waals surface area contributed by atoms with Crippen LogP contribution in [0.5, 0.6) is 0 Å². The van der Waals surface area contributed by atoms with Gasteiger partial charge in [-0.25, -0.2) is 0 Å². The van der Waals surface area contributed by atoms with Crippen molar-refractivity contribution in [3.05, 3.63) is 294 Å². The van der Waals surface area contributed by atoms with Crippen LogP contribution in [0.15, 0.2) is 261 Å². The Hall–Kier alpha value is -8.92. The lowest BCUT2D eigenvalue weighted by Crippen LogP contribution is -2.64. The monoisotopic (exact) mass is 1030 g/mol. The summed E-state index contributed by atoms with van der Waals surface area (Å²) in [4.78, 5) is 5.39. The van der Waals surface area contributed by atoms with Gasteiger partial charge in [-0.3, -0.25) is 0 Å². The third kappa shape index (κ3) is 6.24. The summed E-state index contributed by atoms with van der Waals surface area (Å²) < 4.78 is 0. The number of hydrogen-bond acceptors (Lipinski definition) is 2. The molecule has 0 saturated heterocycles. The second kappa shape index (κ2) is 17.3. The molecule has 18 rings (SSSR count). The molecule has 0 N–H and O–H groups in total. The predicted molar refractivity (Wildman–Crippen MR) is 337 cm³/mol. The van der Waals surface area contributed by atoms with E-state index in [4.69, 9.17) is 0 Å². The van der Waals surface area contributed by atoms with Crippen molar-refractivity contribution in [1.29, 1.82) is 0 Å². The van der Waals surface area contributed by atoms with Crippen molar-refractivity contribution in [1.82, 2.24) is 0 Å². The Kier molecular flexibility index (Phi) is 9.80. The number of anilines is 6. The molecule has 0 amide bonds. The highest BCUT2D eigenvalue weighted by atomic mass is 15.2. The van der Waals surface area contributed by atoms with E-state index in [1.165, 1.54) is 150 Å². The number of benzene rings is 11. The fraction of sp³-hybridized carbons (Fsp3) is 0.154. The summed E-state index contributed by atoms with van der Waals surface area (Å²) in [5.74, 6) is 2.95. The van der Waals surface area contributed by atoms with Gasteiger partial charge in [-0.1, -0.05) is 219 Å². The van der Waals surface area contributed by atoms with Gasteiger partial charge >= 0.3 is 0 Å². The molecule has 3 fully saturated rings. The second-order valence-electron chi connectivity index (χ2n) is 24.6. The summed E-state index contributed by atoms with van der Waals surface area (Å²) in [6, 6.07) is 100. The summed E-state index contributed by atoms with van der Waals surface area (Å²) in [7, 11) is 0. The van der Waals surface area contributed by atoms with Gasteiger partial charge in [-0.15, -0.1) is 0 Å². The van der Waals surface area contributed by atoms with Crippen molar-refractivity contribution in [2.45, 2.75) is 49.4 Å². The molecular formula is C78H59BN2. The Morgan fingerprint density at radius 1 is 0.358 bits per heavy atom. The molecule has 81 heavy (non-hydrogen) atoms. The maximum atomic E-state index is 2.77. The lowest BCUT2D eigenvalue weighted by Gasteiger charge is -2.64. The zero-order chi connectivity index (χ0) is 53.0. The largest absolute Gasteiger partial charge is 0.311 e. The van der Waals surface area contributed by atoms with Crippen LogP contribution in [0.25, 0.3) is 44.5 Å². The van der Waals surface area contributed by atoms with Crippen molar-refractivity contribution < 1.29 is 0 Å². The summed E-state index contributed by atoms with van der Waals surface area (Å²) in [5.41, 5.74) is 29.7. The van der Waals surface area contributed by atoms with Gasteiger partial charge in [0.25, 0.3) is 6.71 Å². The number of nitrogens with zero attached hydrogens (tertiary/aromatic N) is 2. The molecule has 2 nitrogen and oxygen atoms in total. The van der Waals surface area contributed by atoms with Crippen LogP contribution in [-0.4, -0.2) is 6.71 Å². The van der Waals surface area contributed by atoms with Gasteiger partial charge < -0.3 is 9.80 Å². The van der Waals surface area contributed by atoms with Gasteiger partial charge in [-0.05, 0) is 199 Å². The second-order valence-corrected chi connectivity index (χ2v) is 24.6. The van der Waals surface area contributed by atoms with Crippen LogP contribution in [0.3, 0.4) is 0 Å². The Morgan fingerprint density at radius 2 is 0.938 bits per heavy atom. The van der Waals surface area contributed by atoms with Gasteiger partial charge in [-0.2, -0.15) is 0 Å². The highest BCUT2D eigenvalue weighted by Crippen LogP contribution is 2.69. The average Bonchev–Trinajstić information content (AvgIpc) is 3.86. The van der Waals surface area contributed by atoms with E-state index in [1.807, 2.05) is 0 Å². The first-order valence-electron chi connectivity index (χ1n) is 29.9. The number of hydrogen-bond donors (Lipinski definition) is 0. The van der Waals surface area contributed by atoms with Crippen LogP contribution in [0, 0.1) is 23.7 Å². The van der Waals surface area contributed by atoms with Crippen molar-refractivity contribution >= 4 is 57.2 Å². The number of fused-ring (bicyclic) bond motifs is 10. The molecule has 3 saturated carbocycles. The summed E-state index contributed by atoms with van der Waals surface area (Å²) in [6.07, 6.45) is 8.24. The fourth-order valence-electron chi connectivity index (χ4n) is 18.1. The van der Waals surface area contributed by atoms with Crippen LogP contribution < -0.4 is 26.2 Å². The maximum Gasteiger partial charge on any atom is 0.252 e. The van der Waals surface area contributed by atoms with Crippen LogP contribution in [0.1, 0.15) is 71.9 Å². The van der Waals surface area contributed by atoms with Crippen molar-refractivity contribution in [2.24, 2.45) is 23.7 Å². The molecule has 3 heteroatoms. The average molecular weight is 1040 g/mol. The molecule has 11 aromatic rings. The lowest BCUT2D eigenvalue weighted by atomic mass is 9.32. The Balaban J connectivity index is 0.867. The normalized spacial score (nSPS) is 21.4. The van der Waals surface area contributed by atoms with Crippen LogP contribution in [-0.2, 0) is 10.8 Å². The molecule has 3 bridgehead atoms. The van der Waals surface area contributed by atoms with Crippen molar-refractivity contribution in [2.75, 3.05) is 9.80 Å². The molecule has 0 aromatic heterocycles. The Bertz CT molecular complexity index is 4330. The molecule has 4 aliphatic carbocycles. The molecule has 1 spiro atoms. The number of rotatable bonds is 6. The fourth-order valence-corrected chi connectivity index (χ4v) is 18.1. The molecular weight excluding hydrogens is 976 g/mol. The Morgan fingerprint density at radius 3 is 1.74 bits per heavy atom. The molecule has 5 atom stereocenters. The molecule has 384 valence electrons. The quantitative estimate of drug-likeness (QED) is 0.153. The molecule has 5 unspecified atom stereocenters. The van der Waals surface area contributed by atoms with Gasteiger partial charge in [0.1, 0.15) is 0 Å². The van der Waals surface area contributed by atoms with E-state index in [0.29, 0.717) is 11.8 Å². The van der Waals surface area contributed by atoms with E-state index in [0.717, 1.165) is 17.5 Å². The number of para-hydroxylation sites is 3. The van der Waals surface area contributed by atoms with Gasteiger partial charge in [0.15, 0.2) is 0 Å². The summed E-state index contributed by atoms with van der Waals surface area (Å²) in [6.45, 7) is 0.0474. The highest BCUT2D eigenvalue weighted by Gasteiger charge is 2.62. The van der Waals surface area contributed by atoms with Crippen LogP contribution in [0.4, 0.5) is 34.1 Å². The summed E-state index contributed by atoms with van der Waals surface area (Å²) in [5, 5.41) is 0. The third-order valence-corrected chi connectivity index (χ3v) is 21.1. The smallest absolute Gasteiger partial charge is 0.252 e. The molecule has 11 aromatic carbocycles. The zero-order valence-corrected chi connectivity index (χ0v) is 45.3. The van der Waals surface area contributed by atoms with E-state index in [1.54, 1.807) is 11.1 Å². The highest BCUT2D eigenvalue weighted by molar-refractivity contribution is 7.00. The SMILES string of the molecule is c1ccc(-c2cccc(-c3cc4c5c(c3)N3c6ccccc6C6(c7cccc(c73)B5c3ccccc3N4c3cccc(-c4ccc5c(c4)C(c4ccccc4)(c4ccccc4)c4ccccc4-5)c3)C3CCC4CCC(C3)CC46)c2)cc1. The minimum absolute atomic E-state index is 0.00307. The molecule has 3 heterocycles. The first-order chi connectivity index (χ1) is 40.2. The predicted octanol–water partition coefficient (Wildman–Crippen LogP) is 17.6. The maximum absolute atomic E-state index is 2.77. The van der Waals surface area contributed by atoms with Crippen molar-refractivity contribution in [3.63, 3.8) is 0 Å². The molecule has 7 aliphatic rings. The Labute approximate surface area is 476 Å². The standard InChI is InChI=1S/C78H59BN2/c1-4-19-51(20-5-1)53-21-16-22-54(45-53)57-48-73-75-74(49-57)81-71-35-14-12-31-65(71)78(60-41-39-52-38-37-50(43-60)44-67(52)78)66-32-18-34-70(76(66)81)79(75)69-33-13-15-36-72(69)80(73)61-28-17-23-55(46-61)56-40-42-63-62-29-10-11-30-64(62)77(68(63)47-56,58-24-6-2-7-25-58)59-26-8-3-9-27-59/h1-36,40,42,45-50,52,60,67H,37-39,41,43-44H2. The van der Waals surface area contributed by atoms with E-state index in [9.17, 15) is 0 Å². The molecule has 0 radical (unpaired) electrons. The van der Waals surface area contributed by atoms with Crippen LogP contribution >= 0.6 is 0 Å². The topological polar surface area (TPSA) is 6.48 Å². The van der Waals surface area contributed by atoms with E-state index < -0.39 is 5.41 Å². The third-order valence-electron chi connectivity index (χ3n) is 21.1. The first-order valence-corrected chi connectivity index (χ1v) is 29.9. The van der Waals surface area contributed by atoms with Crippen molar-refractivity contribution in [3.8, 4) is 44.5 Å². The van der Waals surface area contributed by atoms with Crippen LogP contribution in [0.2, 0.25) is 0 Å². The van der Waals surface area contributed by atoms with E-state index in [2.05, 4.69) is 271 Å². The minimum Gasteiger partial charge on any atom is -0.311 e. The van der Waals surface area contributed by atoms with E-state index >= 15 is 0 Å². The lowest BCUT2D eigenvalue weighted by molar-refractivity contribution is -0.0341. The van der Waals surface area contributed by atoms with E-state index in [-0.39, 0.29) is 12.1 Å². The van der Waals surface area contributed by atoms with Gasteiger partial charge in [0.2, 0.25) is 0 Å². The first kappa shape index (κ1) is 45.9. The van der Waals surface area contributed by atoms with Gasteiger partial charge in [0, 0.05) is 33.9 Å². The minimum atomic E-state index is -0.488. The molecule has 3 aliphatic heterocycles. The van der Waals surface area contributed by atoms with Gasteiger partial charge in [0.05, 0.1) is 11.1 Å².